The van der Waals surface area contributed by atoms with E-state index in [1.54, 1.807) is 54.2 Å². The number of anilines is 1. The molecule has 2 N–H and O–H groups in total. The molecule has 0 aliphatic carbocycles. The Kier molecular flexibility index (Phi) is 6.88. The molecule has 0 radical (unpaired) electrons. The fourth-order valence-electron chi connectivity index (χ4n) is 3.52. The second-order valence-electron chi connectivity index (χ2n) is 7.84. The smallest absolute Gasteiger partial charge is 0.333 e. The third-order valence-corrected chi connectivity index (χ3v) is 5.34. The zero-order valence-electron chi connectivity index (χ0n) is 18.8. The van der Waals surface area contributed by atoms with E-state index in [2.05, 4.69) is 15.5 Å². The average molecular weight is 495 g/mol. The molecule has 2 heterocycles. The largest absolute Gasteiger partial charge is 0.353 e. The van der Waals surface area contributed by atoms with Crippen molar-refractivity contribution in [1.29, 1.82) is 5.41 Å². The molecule has 4 aromatic rings. The van der Waals surface area contributed by atoms with Crippen LogP contribution in [0, 0.1) is 12.3 Å². The Morgan fingerprint density at radius 2 is 1.97 bits per heavy atom. The highest BCUT2D eigenvalue weighted by Gasteiger charge is 2.14. The number of hydrogen-bond acceptors (Lipinski definition) is 5. The summed E-state index contributed by atoms with van der Waals surface area (Å²) in [6.45, 7) is 0.749. The van der Waals surface area contributed by atoms with Crippen molar-refractivity contribution in [1.82, 2.24) is 19.6 Å². The first-order chi connectivity index (χ1) is 16.7. The van der Waals surface area contributed by atoms with E-state index in [0.717, 1.165) is 11.1 Å². The van der Waals surface area contributed by atoms with Crippen molar-refractivity contribution in [3.05, 3.63) is 99.7 Å². The Balaban J connectivity index is 1.72. The monoisotopic (exact) mass is 494 g/mol. The lowest BCUT2D eigenvalue weighted by Gasteiger charge is -2.14. The summed E-state index contributed by atoms with van der Waals surface area (Å²) in [5, 5.41) is 19.8. The van der Waals surface area contributed by atoms with Gasteiger partial charge in [-0.3, -0.25) is 4.79 Å². The maximum atomic E-state index is 12.9. The minimum Gasteiger partial charge on any atom is -0.353 e. The number of allylic oxidation sites excluding steroid dienone is 1. The van der Waals surface area contributed by atoms with Gasteiger partial charge in [0, 0.05) is 40.4 Å². The number of nitrogens with zero attached hydrogens (tertiary/aromatic N) is 4. The molecule has 2 aromatic heterocycles. The molecule has 10 heteroatoms. The van der Waals surface area contributed by atoms with Crippen LogP contribution in [0.5, 0.6) is 0 Å². The molecule has 7 nitrogen and oxygen atoms in total. The highest BCUT2D eigenvalue weighted by Crippen LogP contribution is 2.25. The quantitative estimate of drug-likeness (QED) is 0.311. The third-order valence-electron chi connectivity index (χ3n) is 5.11. The van der Waals surface area contributed by atoms with Crippen LogP contribution in [0.3, 0.4) is 0 Å². The Hall–Kier alpha value is -4.11. The summed E-state index contributed by atoms with van der Waals surface area (Å²) in [6, 6.07) is 13.8. The van der Waals surface area contributed by atoms with Crippen LogP contribution in [-0.2, 0) is 0 Å². The minimum absolute atomic E-state index is 0.126. The summed E-state index contributed by atoms with van der Waals surface area (Å²) < 4.78 is 27.9. The molecule has 35 heavy (non-hydrogen) atoms. The van der Waals surface area contributed by atoms with Crippen molar-refractivity contribution in [3.63, 3.8) is 0 Å². The molecule has 0 fully saturated rings. The SMILES string of the molecule is CC(=N)/C=C(\Nc1cccc(Cl)c1)c1nn(-c2ccc(-c3cnn(C(F)F)c3)cc2C)ccc1=O. The molecule has 0 amide bonds. The second-order valence-corrected chi connectivity index (χ2v) is 8.27. The van der Waals surface area contributed by atoms with Gasteiger partial charge >= 0.3 is 6.55 Å². The van der Waals surface area contributed by atoms with Gasteiger partial charge < -0.3 is 10.7 Å². The van der Waals surface area contributed by atoms with Crippen LogP contribution in [0.25, 0.3) is 22.5 Å². The zero-order chi connectivity index (χ0) is 25.1. The molecule has 0 aliphatic rings. The van der Waals surface area contributed by atoms with E-state index in [4.69, 9.17) is 17.0 Å². The van der Waals surface area contributed by atoms with Gasteiger partial charge in [-0.1, -0.05) is 23.7 Å². The molecule has 4 rings (SSSR count). The van der Waals surface area contributed by atoms with Gasteiger partial charge in [-0.25, -0.2) is 9.36 Å². The standard InChI is InChI=1S/C25H21ClF2N6O/c1-15-10-17(18-13-30-34(14-18)25(27)28)6-7-22(15)33-9-8-23(35)24(32-33)21(11-16(2)29)31-20-5-3-4-19(26)12-20/h3-14,25,29,31H,1-2H3/b21-11-,29-16?. The van der Waals surface area contributed by atoms with Gasteiger partial charge in [0.15, 0.2) is 5.69 Å². The van der Waals surface area contributed by atoms with Crippen LogP contribution in [0.2, 0.25) is 5.02 Å². The van der Waals surface area contributed by atoms with Crippen LogP contribution in [0.4, 0.5) is 14.5 Å². The lowest BCUT2D eigenvalue weighted by molar-refractivity contribution is 0.0566. The first-order valence-corrected chi connectivity index (χ1v) is 10.9. The predicted octanol–water partition coefficient (Wildman–Crippen LogP) is 5.95. The van der Waals surface area contributed by atoms with E-state index in [0.29, 0.717) is 32.3 Å². The lowest BCUT2D eigenvalue weighted by atomic mass is 10.1. The molecule has 0 aliphatic heterocycles. The molecule has 0 unspecified atom stereocenters. The van der Waals surface area contributed by atoms with Gasteiger partial charge in [0.2, 0.25) is 5.43 Å². The minimum atomic E-state index is -2.71. The van der Waals surface area contributed by atoms with Crippen LogP contribution in [0.1, 0.15) is 24.7 Å². The van der Waals surface area contributed by atoms with E-state index in [9.17, 15) is 13.6 Å². The Morgan fingerprint density at radius 3 is 2.63 bits per heavy atom. The average Bonchev–Trinajstić information content (AvgIpc) is 3.30. The molecular formula is C25H21ClF2N6O. The number of aromatic nitrogens is 4. The number of rotatable bonds is 7. The van der Waals surface area contributed by atoms with Crippen molar-refractivity contribution in [2.24, 2.45) is 0 Å². The van der Waals surface area contributed by atoms with Crippen LogP contribution in [0.15, 0.2) is 78.0 Å². The number of halogens is 3. The highest BCUT2D eigenvalue weighted by atomic mass is 35.5. The molecule has 0 saturated heterocycles. The fraction of sp³-hybridized carbons (Fsp3) is 0.120. The van der Waals surface area contributed by atoms with Gasteiger partial charge in [-0.05, 0) is 61.4 Å². The lowest BCUT2D eigenvalue weighted by Crippen LogP contribution is -2.19. The van der Waals surface area contributed by atoms with Gasteiger partial charge in [0.1, 0.15) is 0 Å². The Morgan fingerprint density at radius 1 is 1.17 bits per heavy atom. The van der Waals surface area contributed by atoms with Gasteiger partial charge in [-0.15, -0.1) is 0 Å². The fourth-order valence-corrected chi connectivity index (χ4v) is 3.71. The number of nitrogens with one attached hydrogen (secondary N) is 2. The topological polar surface area (TPSA) is 88.6 Å². The van der Waals surface area contributed by atoms with Crippen LogP contribution < -0.4 is 10.7 Å². The summed E-state index contributed by atoms with van der Waals surface area (Å²) >= 11 is 6.08. The summed E-state index contributed by atoms with van der Waals surface area (Å²) in [6.07, 6.45) is 5.74. The normalized spacial score (nSPS) is 11.7. The van der Waals surface area contributed by atoms with Crippen molar-refractivity contribution in [2.75, 3.05) is 5.32 Å². The van der Waals surface area contributed by atoms with E-state index in [1.165, 1.54) is 24.5 Å². The van der Waals surface area contributed by atoms with Crippen LogP contribution >= 0.6 is 11.6 Å². The highest BCUT2D eigenvalue weighted by molar-refractivity contribution is 6.30. The van der Waals surface area contributed by atoms with Gasteiger partial charge in [0.05, 0.1) is 17.6 Å². The number of alkyl halides is 2. The van der Waals surface area contributed by atoms with Gasteiger partial charge in [-0.2, -0.15) is 19.0 Å². The van der Waals surface area contributed by atoms with E-state index in [1.807, 2.05) is 13.0 Å². The van der Waals surface area contributed by atoms with Crippen molar-refractivity contribution in [3.8, 4) is 16.8 Å². The summed E-state index contributed by atoms with van der Waals surface area (Å²) in [5.74, 6) is 0. The van der Waals surface area contributed by atoms with Crippen molar-refractivity contribution in [2.45, 2.75) is 20.4 Å². The first kappa shape index (κ1) is 24.0. The summed E-state index contributed by atoms with van der Waals surface area (Å²) in [4.78, 5) is 12.7. The Labute approximate surface area is 204 Å². The maximum Gasteiger partial charge on any atom is 0.333 e. The molecule has 2 aromatic carbocycles. The van der Waals surface area contributed by atoms with Crippen LogP contribution in [-0.4, -0.2) is 25.3 Å². The molecular weight excluding hydrogens is 474 g/mol. The van der Waals surface area contributed by atoms with E-state index >= 15 is 0 Å². The van der Waals surface area contributed by atoms with E-state index in [-0.39, 0.29) is 16.8 Å². The number of benzene rings is 2. The third kappa shape index (κ3) is 5.52. The molecule has 0 bridgehead atoms. The molecule has 0 saturated carbocycles. The first-order valence-electron chi connectivity index (χ1n) is 10.5. The second kappa shape index (κ2) is 10.0. The molecule has 0 spiro atoms. The predicted molar refractivity (Wildman–Crippen MR) is 133 cm³/mol. The Bertz CT molecular complexity index is 1490. The molecule has 0 atom stereocenters. The van der Waals surface area contributed by atoms with Crippen molar-refractivity contribution >= 4 is 28.7 Å². The zero-order valence-corrected chi connectivity index (χ0v) is 19.6. The van der Waals surface area contributed by atoms with Crippen molar-refractivity contribution < 1.29 is 8.78 Å². The number of hydrogen-bond donors (Lipinski definition) is 2. The summed E-state index contributed by atoms with van der Waals surface area (Å²) in [7, 11) is 0. The van der Waals surface area contributed by atoms with E-state index < -0.39 is 6.55 Å². The summed E-state index contributed by atoms with van der Waals surface area (Å²) in [5.41, 5.74) is 3.83. The maximum absolute atomic E-state index is 12.9. The molecule has 178 valence electrons. The number of aryl methyl sites for hydroxylation is 1. The van der Waals surface area contributed by atoms with Gasteiger partial charge in [0.25, 0.3) is 0 Å².